The Labute approximate surface area is 283 Å². The van der Waals surface area contributed by atoms with Crippen LogP contribution in [-0.4, -0.2) is 44.4 Å². The van der Waals surface area contributed by atoms with Crippen LogP contribution in [0.4, 0.5) is 0 Å². The van der Waals surface area contributed by atoms with E-state index < -0.39 is 11.9 Å². The number of amides is 1. The molecule has 5 rings (SSSR count). The van der Waals surface area contributed by atoms with E-state index in [0.717, 1.165) is 25.6 Å². The van der Waals surface area contributed by atoms with Crippen molar-refractivity contribution in [3.63, 3.8) is 0 Å². The average molecular weight is 833 g/mol. The van der Waals surface area contributed by atoms with Crippen molar-refractivity contribution in [3.8, 4) is 34.1 Å². The smallest absolute Gasteiger partial charge is 0.343 e. The lowest BCUT2D eigenvalue weighted by Gasteiger charge is -2.15. The van der Waals surface area contributed by atoms with Gasteiger partial charge in [-0.1, -0.05) is 58.4 Å². The number of halogens is 3. The number of carbonyl (C=O) groups excluding carboxylic acids is 2. The summed E-state index contributed by atoms with van der Waals surface area (Å²) < 4.78 is 24.0. The highest BCUT2D eigenvalue weighted by Crippen LogP contribution is 2.39. The average Bonchev–Trinajstić information content (AvgIpc) is 3.43. The number of nitrogens with one attached hydrogen (secondary N) is 2. The van der Waals surface area contributed by atoms with Gasteiger partial charge in [0, 0.05) is 24.6 Å². The van der Waals surface area contributed by atoms with E-state index in [0.29, 0.717) is 37.5 Å². The normalized spacial score (nSPS) is 11.0. The van der Waals surface area contributed by atoms with Crippen molar-refractivity contribution < 1.29 is 28.5 Å². The Morgan fingerprint density at radius 2 is 1.59 bits per heavy atom. The predicted octanol–water partition coefficient (Wildman–Crippen LogP) is 7.97. The fourth-order valence-corrected chi connectivity index (χ4v) is 6.58. The lowest BCUT2D eigenvalue weighted by atomic mass is 10.0. The third-order valence-corrected chi connectivity index (χ3v) is 8.52. The zero-order chi connectivity index (χ0) is 31.4. The fraction of sp³-hybridized carbons (Fsp3) is 0.0938. The number of esters is 1. The van der Waals surface area contributed by atoms with Gasteiger partial charge in [0.2, 0.25) is 5.75 Å². The second-order valence-electron chi connectivity index (χ2n) is 9.21. The van der Waals surface area contributed by atoms with Crippen molar-refractivity contribution in [1.82, 2.24) is 10.4 Å². The molecule has 1 amide bonds. The van der Waals surface area contributed by atoms with E-state index in [1.165, 1.54) is 39.7 Å². The molecule has 0 bridgehead atoms. The van der Waals surface area contributed by atoms with E-state index in [-0.39, 0.29) is 11.3 Å². The first-order chi connectivity index (χ1) is 21.2. The van der Waals surface area contributed by atoms with Gasteiger partial charge in [-0.15, -0.1) is 0 Å². The number of aromatic nitrogens is 1. The summed E-state index contributed by atoms with van der Waals surface area (Å²) in [5, 5.41) is 5.13. The zero-order valence-corrected chi connectivity index (χ0v) is 28.9. The molecule has 0 spiro atoms. The van der Waals surface area contributed by atoms with Crippen molar-refractivity contribution >= 4 is 83.4 Å². The van der Waals surface area contributed by atoms with E-state index in [1.54, 1.807) is 12.1 Å². The molecule has 12 heteroatoms. The van der Waals surface area contributed by atoms with Crippen LogP contribution in [0.25, 0.3) is 22.0 Å². The molecule has 2 N–H and O–H groups in total. The summed E-state index contributed by atoms with van der Waals surface area (Å²) in [5.74, 6) is 0.0396. The highest BCUT2D eigenvalue weighted by Gasteiger charge is 2.22. The molecule has 0 aliphatic heterocycles. The van der Waals surface area contributed by atoms with Crippen LogP contribution < -0.4 is 24.4 Å². The number of rotatable bonds is 9. The number of methoxy groups -OCH3 is 3. The Balaban J connectivity index is 1.44. The SMILES string of the molecule is COc1cc(C(=O)Oc2c(Br)cc(Br)cc2C=NNC(=O)c2[nH]c3c(I)cccc3c2-c2ccccc2)cc(OC)c1OC. The standard InChI is InChI=1S/C32H24Br2IN3O6/c1-41-24-13-18(14-25(42-2)30(24)43-3)32(40)44-29-19(12-20(33)15-22(29)34)16-36-38-31(39)28-26(17-8-5-4-6-9-17)21-10-7-11-23(35)27(21)37-28/h4-16,37H,1-3H3,(H,38,39). The Morgan fingerprint density at radius 3 is 2.25 bits per heavy atom. The molecule has 0 atom stereocenters. The number of carbonyl (C=O) groups is 2. The molecule has 0 saturated heterocycles. The van der Waals surface area contributed by atoms with Crippen molar-refractivity contribution in [2.75, 3.05) is 21.3 Å². The van der Waals surface area contributed by atoms with E-state index in [9.17, 15) is 9.59 Å². The Kier molecular flexibility index (Phi) is 9.91. The second kappa shape index (κ2) is 13.8. The molecule has 0 saturated carbocycles. The molecule has 0 fully saturated rings. The lowest BCUT2D eigenvalue weighted by Crippen LogP contribution is -2.19. The van der Waals surface area contributed by atoms with Crippen LogP contribution in [0.15, 0.2) is 86.8 Å². The highest BCUT2D eigenvalue weighted by molar-refractivity contribution is 14.1. The Hall–Kier alpha value is -3.88. The molecule has 44 heavy (non-hydrogen) atoms. The summed E-state index contributed by atoms with van der Waals surface area (Å²) in [5.41, 5.74) is 6.10. The Morgan fingerprint density at radius 1 is 0.886 bits per heavy atom. The first kappa shape index (κ1) is 31.5. The largest absolute Gasteiger partial charge is 0.493 e. The molecule has 0 aliphatic carbocycles. The quantitative estimate of drug-likeness (QED) is 0.0513. The summed E-state index contributed by atoms with van der Waals surface area (Å²) >= 11 is 9.16. The van der Waals surface area contributed by atoms with Crippen LogP contribution in [0, 0.1) is 3.57 Å². The number of nitrogens with zero attached hydrogens (tertiary/aromatic N) is 1. The molecule has 9 nitrogen and oxygen atoms in total. The van der Waals surface area contributed by atoms with Crippen LogP contribution in [0.2, 0.25) is 0 Å². The highest BCUT2D eigenvalue weighted by atomic mass is 127. The van der Waals surface area contributed by atoms with E-state index >= 15 is 0 Å². The molecule has 1 heterocycles. The van der Waals surface area contributed by atoms with Gasteiger partial charge in [-0.05, 0) is 74.4 Å². The van der Waals surface area contributed by atoms with Crippen LogP contribution in [0.5, 0.6) is 23.0 Å². The molecule has 0 radical (unpaired) electrons. The maximum absolute atomic E-state index is 13.5. The van der Waals surface area contributed by atoms with E-state index in [4.69, 9.17) is 18.9 Å². The van der Waals surface area contributed by atoms with Crippen molar-refractivity contribution in [2.45, 2.75) is 0 Å². The van der Waals surface area contributed by atoms with Crippen LogP contribution in [0.3, 0.4) is 0 Å². The summed E-state index contributed by atoms with van der Waals surface area (Å²) in [6.07, 6.45) is 1.40. The lowest BCUT2D eigenvalue weighted by molar-refractivity contribution is 0.0732. The van der Waals surface area contributed by atoms with Gasteiger partial charge in [-0.3, -0.25) is 4.79 Å². The predicted molar refractivity (Wildman–Crippen MR) is 184 cm³/mol. The molecular weight excluding hydrogens is 809 g/mol. The summed E-state index contributed by atoms with van der Waals surface area (Å²) in [6, 6.07) is 22.0. The van der Waals surface area contributed by atoms with E-state index in [2.05, 4.69) is 70.0 Å². The number of aromatic amines is 1. The molecular formula is C32H24Br2IN3O6. The minimum atomic E-state index is -0.675. The maximum Gasteiger partial charge on any atom is 0.343 e. The summed E-state index contributed by atoms with van der Waals surface area (Å²) in [6.45, 7) is 0. The molecule has 4 aromatic carbocycles. The number of hydrogen-bond acceptors (Lipinski definition) is 7. The minimum absolute atomic E-state index is 0.174. The Bertz CT molecular complexity index is 1880. The molecule has 224 valence electrons. The summed E-state index contributed by atoms with van der Waals surface area (Å²) in [4.78, 5) is 30.0. The first-order valence-electron chi connectivity index (χ1n) is 13.0. The van der Waals surface area contributed by atoms with Gasteiger partial charge < -0.3 is 23.9 Å². The van der Waals surface area contributed by atoms with E-state index in [1.807, 2.05) is 48.5 Å². The monoisotopic (exact) mass is 831 g/mol. The van der Waals surface area contributed by atoms with Crippen molar-refractivity contribution in [1.29, 1.82) is 0 Å². The number of fused-ring (bicyclic) bond motifs is 1. The number of H-pyrrole nitrogens is 1. The topological polar surface area (TPSA) is 111 Å². The summed E-state index contributed by atoms with van der Waals surface area (Å²) in [7, 11) is 4.39. The molecule has 5 aromatic rings. The number of benzene rings is 4. The van der Waals surface area contributed by atoms with Gasteiger partial charge in [-0.25, -0.2) is 10.2 Å². The number of hydrogen-bond donors (Lipinski definition) is 2. The van der Waals surface area contributed by atoms with Crippen LogP contribution in [0.1, 0.15) is 26.4 Å². The maximum atomic E-state index is 13.5. The number of ether oxygens (including phenoxy) is 4. The third kappa shape index (κ3) is 6.47. The minimum Gasteiger partial charge on any atom is -0.493 e. The molecule has 0 aliphatic rings. The number of hydrazone groups is 1. The fourth-order valence-electron chi connectivity index (χ4n) is 4.61. The van der Waals surface area contributed by atoms with Gasteiger partial charge in [0.15, 0.2) is 17.2 Å². The number of para-hydroxylation sites is 1. The first-order valence-corrected chi connectivity index (χ1v) is 15.6. The van der Waals surface area contributed by atoms with Gasteiger partial charge in [0.05, 0.1) is 43.1 Å². The third-order valence-electron chi connectivity index (χ3n) is 6.57. The molecule has 1 aromatic heterocycles. The van der Waals surface area contributed by atoms with Gasteiger partial charge >= 0.3 is 5.97 Å². The van der Waals surface area contributed by atoms with Crippen molar-refractivity contribution in [2.24, 2.45) is 5.10 Å². The van der Waals surface area contributed by atoms with Gasteiger partial charge in [0.1, 0.15) is 5.69 Å². The van der Waals surface area contributed by atoms with Crippen molar-refractivity contribution in [3.05, 3.63) is 102 Å². The van der Waals surface area contributed by atoms with Crippen LogP contribution in [-0.2, 0) is 0 Å². The van der Waals surface area contributed by atoms with Gasteiger partial charge in [-0.2, -0.15) is 5.10 Å². The molecule has 0 unspecified atom stereocenters. The zero-order valence-electron chi connectivity index (χ0n) is 23.5. The van der Waals surface area contributed by atoms with Gasteiger partial charge in [0.25, 0.3) is 5.91 Å². The second-order valence-corrected chi connectivity index (χ2v) is 12.1. The van der Waals surface area contributed by atoms with Crippen LogP contribution >= 0.6 is 54.5 Å².